The van der Waals surface area contributed by atoms with Crippen LogP contribution in [0.4, 0.5) is 19.1 Å². The molecule has 0 saturated heterocycles. The van der Waals surface area contributed by atoms with Crippen molar-refractivity contribution in [1.29, 1.82) is 0 Å². The van der Waals surface area contributed by atoms with Gasteiger partial charge in [-0.15, -0.1) is 5.10 Å². The first-order valence-corrected chi connectivity index (χ1v) is 7.62. The lowest BCUT2D eigenvalue weighted by molar-refractivity contribution is -0.142. The summed E-state index contributed by atoms with van der Waals surface area (Å²) < 4.78 is 41.8. The molecule has 0 atom stereocenters. The maximum Gasteiger partial charge on any atom is 0.435 e. The maximum absolute atomic E-state index is 13.0. The van der Waals surface area contributed by atoms with E-state index in [1.54, 1.807) is 4.68 Å². The van der Waals surface area contributed by atoms with Crippen LogP contribution in [-0.4, -0.2) is 30.5 Å². The largest absolute Gasteiger partial charge is 0.435 e. The quantitative estimate of drug-likeness (QED) is 0.924. The summed E-state index contributed by atoms with van der Waals surface area (Å²) in [5, 5.41) is 10.2. The Labute approximate surface area is 135 Å². The zero-order chi connectivity index (χ0) is 17.5. The van der Waals surface area contributed by atoms with Gasteiger partial charge in [0.2, 0.25) is 11.9 Å². The number of amides is 1. The number of aromatic nitrogens is 5. The van der Waals surface area contributed by atoms with Crippen LogP contribution >= 0.6 is 0 Å². The van der Waals surface area contributed by atoms with Crippen molar-refractivity contribution in [3.8, 4) is 0 Å². The van der Waals surface area contributed by atoms with E-state index in [4.69, 9.17) is 0 Å². The molecule has 2 heterocycles. The van der Waals surface area contributed by atoms with Crippen molar-refractivity contribution in [3.05, 3.63) is 23.3 Å². The monoisotopic (exact) mass is 342 g/mol. The molecule has 24 heavy (non-hydrogen) atoms. The summed E-state index contributed by atoms with van der Waals surface area (Å²) >= 11 is 0. The Morgan fingerprint density at radius 2 is 2.08 bits per heavy atom. The zero-order valence-corrected chi connectivity index (χ0v) is 13.3. The number of nitrogens with one attached hydrogen (secondary N) is 1. The van der Waals surface area contributed by atoms with Crippen molar-refractivity contribution in [2.75, 3.05) is 5.32 Å². The molecule has 0 aliphatic heterocycles. The van der Waals surface area contributed by atoms with Crippen LogP contribution in [0.3, 0.4) is 0 Å². The van der Waals surface area contributed by atoms with Crippen LogP contribution in [0.1, 0.15) is 43.3 Å². The minimum atomic E-state index is -4.51. The average molecular weight is 342 g/mol. The highest BCUT2D eigenvalue weighted by molar-refractivity contribution is 5.88. The minimum Gasteiger partial charge on any atom is -0.292 e. The first-order valence-electron chi connectivity index (χ1n) is 7.62. The molecular formula is C14H17F3N6O. The van der Waals surface area contributed by atoms with Crippen LogP contribution in [0.5, 0.6) is 0 Å². The molecule has 0 radical (unpaired) electrons. The summed E-state index contributed by atoms with van der Waals surface area (Å²) in [5.74, 6) is -0.393. The van der Waals surface area contributed by atoms with Crippen molar-refractivity contribution >= 4 is 11.9 Å². The van der Waals surface area contributed by atoms with Gasteiger partial charge in [-0.1, -0.05) is 0 Å². The molecule has 0 bridgehead atoms. The molecule has 0 saturated carbocycles. The van der Waals surface area contributed by atoms with Gasteiger partial charge < -0.3 is 0 Å². The lowest BCUT2D eigenvalue weighted by Gasteiger charge is -2.06. The molecule has 0 unspecified atom stereocenters. The summed E-state index contributed by atoms with van der Waals surface area (Å²) in [6.45, 7) is 3.52. The average Bonchev–Trinajstić information content (AvgIpc) is 3.14. The standard InChI is InChI=1S/C14H17F3N6O/c1-8(2)23-7-18-13(21-23)19-11(24)6-22-10-5-3-4-9(10)12(20-22)14(15,16)17/h7-8H,3-6H2,1-2H3,(H,19,21,24). The third kappa shape index (κ3) is 3.13. The van der Waals surface area contributed by atoms with Crippen molar-refractivity contribution in [1.82, 2.24) is 24.5 Å². The second-order valence-corrected chi connectivity index (χ2v) is 5.97. The number of carbonyl (C=O) groups excluding carboxylic acids is 1. The first-order chi connectivity index (χ1) is 11.3. The fourth-order valence-corrected chi connectivity index (χ4v) is 2.75. The Kier molecular flexibility index (Phi) is 4.06. The van der Waals surface area contributed by atoms with Gasteiger partial charge in [-0.2, -0.15) is 18.3 Å². The SMILES string of the molecule is CC(C)n1cnc(NC(=O)Cn2nc(C(F)(F)F)c3c2CCC3)n1. The van der Waals surface area contributed by atoms with Gasteiger partial charge in [-0.3, -0.25) is 14.8 Å². The van der Waals surface area contributed by atoms with E-state index >= 15 is 0 Å². The molecule has 130 valence electrons. The third-order valence-electron chi connectivity index (χ3n) is 3.86. The number of halogens is 3. The van der Waals surface area contributed by atoms with Gasteiger partial charge in [-0.05, 0) is 33.1 Å². The molecule has 2 aromatic heterocycles. The van der Waals surface area contributed by atoms with Gasteiger partial charge >= 0.3 is 6.18 Å². The van der Waals surface area contributed by atoms with Gasteiger partial charge in [0, 0.05) is 17.3 Å². The van der Waals surface area contributed by atoms with E-state index in [-0.39, 0.29) is 24.1 Å². The van der Waals surface area contributed by atoms with Crippen LogP contribution in [0.15, 0.2) is 6.33 Å². The third-order valence-corrected chi connectivity index (χ3v) is 3.86. The highest BCUT2D eigenvalue weighted by Gasteiger charge is 2.40. The van der Waals surface area contributed by atoms with Crippen molar-refractivity contribution < 1.29 is 18.0 Å². The fraction of sp³-hybridized carbons (Fsp3) is 0.571. The molecule has 0 aromatic carbocycles. The Bertz CT molecular complexity index is 761. The molecule has 7 nitrogen and oxygen atoms in total. The Morgan fingerprint density at radius 1 is 1.33 bits per heavy atom. The van der Waals surface area contributed by atoms with Gasteiger partial charge in [-0.25, -0.2) is 9.67 Å². The molecule has 1 amide bonds. The summed E-state index contributed by atoms with van der Waals surface area (Å²) in [6.07, 6.45) is -1.56. The first kappa shape index (κ1) is 16.5. The van der Waals surface area contributed by atoms with Gasteiger partial charge in [0.05, 0.1) is 0 Å². The minimum absolute atomic E-state index is 0.0897. The maximum atomic E-state index is 13.0. The number of fused-ring (bicyclic) bond motifs is 1. The van der Waals surface area contributed by atoms with Gasteiger partial charge in [0.25, 0.3) is 0 Å². The van der Waals surface area contributed by atoms with Crippen molar-refractivity contribution in [2.24, 2.45) is 0 Å². The van der Waals surface area contributed by atoms with Crippen molar-refractivity contribution in [2.45, 2.75) is 51.9 Å². The highest BCUT2D eigenvalue weighted by atomic mass is 19.4. The Hall–Kier alpha value is -2.39. The van der Waals surface area contributed by atoms with E-state index < -0.39 is 17.8 Å². The van der Waals surface area contributed by atoms with E-state index in [0.717, 1.165) is 4.68 Å². The van der Waals surface area contributed by atoms with Crippen LogP contribution in [0.2, 0.25) is 0 Å². The Balaban J connectivity index is 1.75. The highest BCUT2D eigenvalue weighted by Crippen LogP contribution is 2.36. The second kappa shape index (κ2) is 5.91. The lowest BCUT2D eigenvalue weighted by atomic mass is 10.2. The van der Waals surface area contributed by atoms with E-state index in [0.29, 0.717) is 25.0 Å². The number of hydrogen-bond acceptors (Lipinski definition) is 4. The summed E-state index contributed by atoms with van der Waals surface area (Å²) in [4.78, 5) is 16.0. The van der Waals surface area contributed by atoms with Crippen LogP contribution in [-0.2, 0) is 30.4 Å². The summed E-state index contributed by atoms with van der Waals surface area (Å²) in [7, 11) is 0. The smallest absolute Gasteiger partial charge is 0.292 e. The fourth-order valence-electron chi connectivity index (χ4n) is 2.75. The van der Waals surface area contributed by atoms with Crippen LogP contribution in [0, 0.1) is 0 Å². The van der Waals surface area contributed by atoms with E-state index in [1.165, 1.54) is 6.33 Å². The van der Waals surface area contributed by atoms with E-state index in [9.17, 15) is 18.0 Å². The molecule has 1 aliphatic rings. The number of hydrogen-bond donors (Lipinski definition) is 1. The van der Waals surface area contributed by atoms with E-state index in [1.807, 2.05) is 13.8 Å². The number of rotatable bonds is 4. The number of alkyl halides is 3. The van der Waals surface area contributed by atoms with Crippen LogP contribution < -0.4 is 5.32 Å². The molecule has 3 rings (SSSR count). The number of nitrogens with zero attached hydrogens (tertiary/aromatic N) is 5. The van der Waals surface area contributed by atoms with Crippen molar-refractivity contribution in [3.63, 3.8) is 0 Å². The summed E-state index contributed by atoms with van der Waals surface area (Å²) in [5.41, 5.74) is -0.194. The molecule has 1 aliphatic carbocycles. The second-order valence-electron chi connectivity index (χ2n) is 5.97. The predicted octanol–water partition coefficient (Wildman–Crippen LogP) is 2.20. The van der Waals surface area contributed by atoms with Crippen LogP contribution in [0.25, 0.3) is 0 Å². The molecule has 0 spiro atoms. The lowest BCUT2D eigenvalue weighted by Crippen LogP contribution is -2.22. The van der Waals surface area contributed by atoms with Gasteiger partial charge in [0.1, 0.15) is 12.9 Å². The topological polar surface area (TPSA) is 77.6 Å². The predicted molar refractivity (Wildman–Crippen MR) is 78.3 cm³/mol. The van der Waals surface area contributed by atoms with E-state index in [2.05, 4.69) is 20.5 Å². The normalized spacial score (nSPS) is 14.2. The Morgan fingerprint density at radius 3 is 2.71 bits per heavy atom. The molecule has 0 fully saturated rings. The molecule has 2 aromatic rings. The molecule has 10 heteroatoms. The summed E-state index contributed by atoms with van der Waals surface area (Å²) in [6, 6.07) is 0.0897. The molecular weight excluding hydrogens is 325 g/mol. The zero-order valence-electron chi connectivity index (χ0n) is 13.3. The molecule has 1 N–H and O–H groups in total. The number of carbonyl (C=O) groups is 1. The van der Waals surface area contributed by atoms with Gasteiger partial charge in [0.15, 0.2) is 5.69 Å². The number of anilines is 1.